The lowest BCUT2D eigenvalue weighted by atomic mass is 10.0. The van der Waals surface area contributed by atoms with E-state index < -0.39 is 0 Å². The van der Waals surface area contributed by atoms with E-state index in [0.29, 0.717) is 11.8 Å². The number of pyridine rings is 1. The molecule has 0 spiro atoms. The number of imidazole rings is 1. The van der Waals surface area contributed by atoms with Crippen molar-refractivity contribution in [3.8, 4) is 22.5 Å². The highest BCUT2D eigenvalue weighted by Gasteiger charge is 2.39. The van der Waals surface area contributed by atoms with E-state index in [1.54, 1.807) is 12.1 Å². The molecule has 2 atom stereocenters. The minimum Gasteiger partial charge on any atom is -0.354 e. The number of aryl methyl sites for hydroxylation is 2. The van der Waals surface area contributed by atoms with Crippen LogP contribution in [0.15, 0.2) is 48.7 Å². The van der Waals surface area contributed by atoms with Gasteiger partial charge in [0, 0.05) is 49.2 Å². The van der Waals surface area contributed by atoms with Gasteiger partial charge < -0.3 is 9.80 Å². The quantitative estimate of drug-likeness (QED) is 0.476. The molecule has 0 bridgehead atoms. The van der Waals surface area contributed by atoms with Crippen LogP contribution in [0.25, 0.3) is 28.2 Å². The molecule has 2 saturated heterocycles. The number of hydrogen-bond acceptors (Lipinski definition) is 5. The van der Waals surface area contributed by atoms with Crippen LogP contribution in [-0.2, 0) is 0 Å². The second-order valence-electron chi connectivity index (χ2n) is 9.57. The maximum Gasteiger partial charge on any atom is 0.158 e. The highest BCUT2D eigenvalue weighted by molar-refractivity contribution is 5.82. The standard InChI is InChI=1S/C26H27FN6/c1-16-10-23(32-14-20-12-31(3)13-21(20)15-32)30-33-25(19-8-9-28-17(2)11-19)24(29-26(16)33)18-4-6-22(27)7-5-18/h4-11,20-21H,12-15H2,1-3H3. The normalized spacial score (nSPS) is 20.7. The highest BCUT2D eigenvalue weighted by Crippen LogP contribution is 2.36. The van der Waals surface area contributed by atoms with Crippen LogP contribution in [0.1, 0.15) is 11.3 Å². The molecule has 33 heavy (non-hydrogen) atoms. The van der Waals surface area contributed by atoms with Gasteiger partial charge in [-0.15, -0.1) is 5.10 Å². The van der Waals surface area contributed by atoms with Gasteiger partial charge in [-0.3, -0.25) is 4.98 Å². The molecule has 6 rings (SSSR count). The average molecular weight is 443 g/mol. The van der Waals surface area contributed by atoms with Gasteiger partial charge in [-0.05, 0) is 80.8 Å². The third kappa shape index (κ3) is 3.47. The van der Waals surface area contributed by atoms with E-state index in [0.717, 1.165) is 71.4 Å². The Morgan fingerprint density at radius 3 is 2.33 bits per heavy atom. The first-order valence-electron chi connectivity index (χ1n) is 11.5. The molecule has 2 aliphatic rings. The molecule has 0 saturated carbocycles. The zero-order valence-corrected chi connectivity index (χ0v) is 19.2. The molecule has 7 heteroatoms. The van der Waals surface area contributed by atoms with Gasteiger partial charge in [-0.25, -0.2) is 13.9 Å². The zero-order valence-electron chi connectivity index (χ0n) is 19.2. The maximum absolute atomic E-state index is 13.6. The van der Waals surface area contributed by atoms with Crippen LogP contribution >= 0.6 is 0 Å². The van der Waals surface area contributed by atoms with E-state index in [1.807, 2.05) is 23.7 Å². The van der Waals surface area contributed by atoms with Gasteiger partial charge in [0.15, 0.2) is 5.65 Å². The fourth-order valence-electron chi connectivity index (χ4n) is 5.48. The lowest BCUT2D eigenvalue weighted by molar-refractivity contribution is 0.386. The Hall–Kier alpha value is -3.32. The van der Waals surface area contributed by atoms with Crippen molar-refractivity contribution in [3.63, 3.8) is 0 Å². The Morgan fingerprint density at radius 1 is 0.909 bits per heavy atom. The molecule has 168 valence electrons. The van der Waals surface area contributed by atoms with Crippen molar-refractivity contribution >= 4 is 11.5 Å². The molecule has 2 unspecified atom stereocenters. The minimum absolute atomic E-state index is 0.259. The molecule has 0 N–H and O–H groups in total. The first-order valence-corrected chi connectivity index (χ1v) is 11.5. The first kappa shape index (κ1) is 20.3. The van der Waals surface area contributed by atoms with Gasteiger partial charge in [-0.2, -0.15) is 0 Å². The number of hydrogen-bond donors (Lipinski definition) is 0. The van der Waals surface area contributed by atoms with E-state index in [-0.39, 0.29) is 5.82 Å². The number of nitrogens with zero attached hydrogens (tertiary/aromatic N) is 6. The molecule has 3 aromatic heterocycles. The molecule has 0 radical (unpaired) electrons. The maximum atomic E-state index is 13.6. The van der Waals surface area contributed by atoms with Crippen LogP contribution in [0.5, 0.6) is 0 Å². The predicted octanol–water partition coefficient (Wildman–Crippen LogP) is 4.21. The molecule has 6 nitrogen and oxygen atoms in total. The van der Waals surface area contributed by atoms with E-state index in [1.165, 1.54) is 12.1 Å². The molecule has 4 aromatic rings. The molecule has 2 fully saturated rings. The third-order valence-electron chi connectivity index (χ3n) is 7.04. The summed E-state index contributed by atoms with van der Waals surface area (Å²) in [5.41, 5.74) is 6.40. The number of halogens is 1. The van der Waals surface area contributed by atoms with Gasteiger partial charge in [0.25, 0.3) is 0 Å². The number of benzene rings is 1. The molecule has 0 aliphatic carbocycles. The lowest BCUT2D eigenvalue weighted by Crippen LogP contribution is -2.27. The van der Waals surface area contributed by atoms with Crippen molar-refractivity contribution in [1.82, 2.24) is 24.5 Å². The van der Waals surface area contributed by atoms with Crippen molar-refractivity contribution in [2.75, 3.05) is 38.1 Å². The van der Waals surface area contributed by atoms with Crippen LogP contribution in [0.3, 0.4) is 0 Å². The van der Waals surface area contributed by atoms with Crippen LogP contribution < -0.4 is 4.90 Å². The first-order chi connectivity index (χ1) is 16.0. The minimum atomic E-state index is -0.259. The Balaban J connectivity index is 1.52. The summed E-state index contributed by atoms with van der Waals surface area (Å²) in [6.45, 7) is 8.46. The zero-order chi connectivity index (χ0) is 22.7. The Labute approximate surface area is 192 Å². The molecular weight excluding hydrogens is 415 g/mol. The van der Waals surface area contributed by atoms with E-state index in [2.05, 4.69) is 40.9 Å². The molecule has 1 aromatic carbocycles. The fourth-order valence-corrected chi connectivity index (χ4v) is 5.48. The number of aromatic nitrogens is 4. The van der Waals surface area contributed by atoms with Gasteiger partial charge in [0.1, 0.15) is 17.3 Å². The summed E-state index contributed by atoms with van der Waals surface area (Å²) in [7, 11) is 2.21. The van der Waals surface area contributed by atoms with Crippen LogP contribution in [0.4, 0.5) is 10.2 Å². The van der Waals surface area contributed by atoms with Gasteiger partial charge in [0.05, 0.1) is 5.69 Å². The Kier molecular flexibility index (Phi) is 4.69. The lowest BCUT2D eigenvalue weighted by Gasteiger charge is -2.21. The molecular formula is C26H27FN6. The smallest absolute Gasteiger partial charge is 0.158 e. The predicted molar refractivity (Wildman–Crippen MR) is 128 cm³/mol. The largest absolute Gasteiger partial charge is 0.354 e. The van der Waals surface area contributed by atoms with Gasteiger partial charge >= 0.3 is 0 Å². The Bertz CT molecular complexity index is 1330. The third-order valence-corrected chi connectivity index (χ3v) is 7.04. The summed E-state index contributed by atoms with van der Waals surface area (Å²) in [4.78, 5) is 14.2. The van der Waals surface area contributed by atoms with Crippen molar-refractivity contribution in [2.24, 2.45) is 11.8 Å². The number of anilines is 1. The molecule has 2 aliphatic heterocycles. The molecule has 0 amide bonds. The van der Waals surface area contributed by atoms with Gasteiger partial charge in [0.2, 0.25) is 0 Å². The topological polar surface area (TPSA) is 49.6 Å². The highest BCUT2D eigenvalue weighted by atomic mass is 19.1. The van der Waals surface area contributed by atoms with Crippen LogP contribution in [0.2, 0.25) is 0 Å². The second-order valence-corrected chi connectivity index (χ2v) is 9.57. The van der Waals surface area contributed by atoms with Gasteiger partial charge in [-0.1, -0.05) is 0 Å². The number of fused-ring (bicyclic) bond motifs is 2. The summed E-state index contributed by atoms with van der Waals surface area (Å²) in [6.07, 6.45) is 1.81. The summed E-state index contributed by atoms with van der Waals surface area (Å²) in [5.74, 6) is 2.14. The van der Waals surface area contributed by atoms with Crippen molar-refractivity contribution in [1.29, 1.82) is 0 Å². The molecule has 5 heterocycles. The average Bonchev–Trinajstić information content (AvgIpc) is 3.45. The van der Waals surface area contributed by atoms with E-state index in [9.17, 15) is 4.39 Å². The van der Waals surface area contributed by atoms with Crippen LogP contribution in [-0.4, -0.2) is 57.7 Å². The summed E-state index contributed by atoms with van der Waals surface area (Å²) in [5, 5.41) is 5.11. The van der Waals surface area contributed by atoms with E-state index in [4.69, 9.17) is 10.1 Å². The number of likely N-dealkylation sites (tertiary alicyclic amines) is 1. The monoisotopic (exact) mass is 442 g/mol. The van der Waals surface area contributed by atoms with Crippen molar-refractivity contribution in [2.45, 2.75) is 13.8 Å². The fraction of sp³-hybridized carbons (Fsp3) is 0.346. The van der Waals surface area contributed by atoms with Crippen molar-refractivity contribution in [3.05, 3.63) is 65.7 Å². The summed E-state index contributed by atoms with van der Waals surface area (Å²) in [6, 6.07) is 12.7. The SMILES string of the molecule is Cc1cc(-c2c(-c3ccc(F)cc3)nc3c(C)cc(N4CC5CN(C)CC5C4)nn23)ccn1. The van der Waals surface area contributed by atoms with Crippen LogP contribution in [0, 0.1) is 31.5 Å². The Morgan fingerprint density at radius 2 is 1.64 bits per heavy atom. The second kappa shape index (κ2) is 7.63. The summed E-state index contributed by atoms with van der Waals surface area (Å²) >= 11 is 0. The van der Waals surface area contributed by atoms with Crippen molar-refractivity contribution < 1.29 is 4.39 Å². The number of rotatable bonds is 3. The van der Waals surface area contributed by atoms with E-state index >= 15 is 0 Å². The summed E-state index contributed by atoms with van der Waals surface area (Å²) < 4.78 is 15.6.